The van der Waals surface area contributed by atoms with Gasteiger partial charge in [-0.2, -0.15) is 0 Å². The van der Waals surface area contributed by atoms with Gasteiger partial charge in [0.25, 0.3) is 0 Å². The average molecular weight is 243 g/mol. The Labute approximate surface area is 105 Å². The third kappa shape index (κ3) is 2.43. The molecule has 2 rings (SSSR count). The van der Waals surface area contributed by atoms with Gasteiger partial charge in [0, 0.05) is 7.05 Å². The zero-order valence-corrected chi connectivity index (χ0v) is 9.88. The maximum absolute atomic E-state index is 11.2. The fourth-order valence-corrected chi connectivity index (χ4v) is 1.62. The minimum absolute atomic E-state index is 0.130. The van der Waals surface area contributed by atoms with E-state index in [2.05, 4.69) is 5.32 Å². The molecule has 0 spiro atoms. The first-order valence-electron chi connectivity index (χ1n) is 5.49. The second kappa shape index (κ2) is 5.23. The van der Waals surface area contributed by atoms with E-state index >= 15 is 0 Å². The van der Waals surface area contributed by atoms with Crippen molar-refractivity contribution in [3.63, 3.8) is 0 Å². The Balaban J connectivity index is 2.44. The highest BCUT2D eigenvalue weighted by Gasteiger charge is 2.15. The van der Waals surface area contributed by atoms with Gasteiger partial charge in [0.2, 0.25) is 0 Å². The SMILES string of the molecule is CNc1cccc(C(=O)O)c1Oc1ccccc1. The number of para-hydroxylation sites is 2. The van der Waals surface area contributed by atoms with Crippen LogP contribution in [-0.2, 0) is 0 Å². The molecule has 4 nitrogen and oxygen atoms in total. The van der Waals surface area contributed by atoms with Crippen LogP contribution in [0.25, 0.3) is 0 Å². The minimum atomic E-state index is -1.02. The van der Waals surface area contributed by atoms with Crippen molar-refractivity contribution in [2.24, 2.45) is 0 Å². The number of carbonyl (C=O) groups is 1. The van der Waals surface area contributed by atoms with Crippen molar-refractivity contribution < 1.29 is 14.6 Å². The molecule has 0 amide bonds. The van der Waals surface area contributed by atoms with Crippen molar-refractivity contribution in [3.8, 4) is 11.5 Å². The number of hydrogen-bond donors (Lipinski definition) is 2. The zero-order chi connectivity index (χ0) is 13.0. The molecule has 2 N–H and O–H groups in total. The van der Waals surface area contributed by atoms with Crippen molar-refractivity contribution in [2.75, 3.05) is 12.4 Å². The van der Waals surface area contributed by atoms with Gasteiger partial charge in [-0.25, -0.2) is 4.79 Å². The first kappa shape index (κ1) is 12.0. The molecular weight excluding hydrogens is 230 g/mol. The van der Waals surface area contributed by atoms with Crippen LogP contribution in [0.2, 0.25) is 0 Å². The van der Waals surface area contributed by atoms with Crippen molar-refractivity contribution in [1.29, 1.82) is 0 Å². The van der Waals surface area contributed by atoms with Crippen LogP contribution >= 0.6 is 0 Å². The third-order valence-electron chi connectivity index (χ3n) is 2.48. The van der Waals surface area contributed by atoms with Gasteiger partial charge in [-0.15, -0.1) is 0 Å². The smallest absolute Gasteiger partial charge is 0.339 e. The second-order valence-electron chi connectivity index (χ2n) is 3.65. The Morgan fingerprint density at radius 2 is 1.83 bits per heavy atom. The van der Waals surface area contributed by atoms with Gasteiger partial charge < -0.3 is 15.2 Å². The monoisotopic (exact) mass is 243 g/mol. The van der Waals surface area contributed by atoms with Crippen LogP contribution in [0.15, 0.2) is 48.5 Å². The number of carboxylic acids is 1. The highest BCUT2D eigenvalue weighted by molar-refractivity contribution is 5.93. The lowest BCUT2D eigenvalue weighted by Crippen LogP contribution is -2.03. The number of benzene rings is 2. The lowest BCUT2D eigenvalue weighted by atomic mass is 10.1. The summed E-state index contributed by atoms with van der Waals surface area (Å²) in [6.07, 6.45) is 0. The third-order valence-corrected chi connectivity index (χ3v) is 2.48. The second-order valence-corrected chi connectivity index (χ2v) is 3.65. The Bertz CT molecular complexity index is 552. The molecule has 0 aliphatic heterocycles. The van der Waals surface area contributed by atoms with Gasteiger partial charge in [-0.1, -0.05) is 24.3 Å². The van der Waals surface area contributed by atoms with E-state index in [4.69, 9.17) is 9.84 Å². The highest BCUT2D eigenvalue weighted by Crippen LogP contribution is 2.32. The normalized spacial score (nSPS) is 9.83. The number of anilines is 1. The van der Waals surface area contributed by atoms with Gasteiger partial charge in [0.1, 0.15) is 11.3 Å². The molecule has 92 valence electrons. The quantitative estimate of drug-likeness (QED) is 0.865. The molecule has 4 heteroatoms. The number of ether oxygens (including phenoxy) is 1. The van der Waals surface area contributed by atoms with E-state index in [0.717, 1.165) is 0 Å². The van der Waals surface area contributed by atoms with Crippen molar-refractivity contribution in [1.82, 2.24) is 0 Å². The Morgan fingerprint density at radius 1 is 1.11 bits per heavy atom. The summed E-state index contributed by atoms with van der Waals surface area (Å²) >= 11 is 0. The van der Waals surface area contributed by atoms with Crippen molar-refractivity contribution in [3.05, 3.63) is 54.1 Å². The summed E-state index contributed by atoms with van der Waals surface area (Å²) in [5, 5.41) is 12.1. The summed E-state index contributed by atoms with van der Waals surface area (Å²) in [5.41, 5.74) is 0.768. The number of hydrogen-bond acceptors (Lipinski definition) is 3. The number of nitrogens with one attached hydrogen (secondary N) is 1. The van der Waals surface area contributed by atoms with E-state index in [1.807, 2.05) is 18.2 Å². The van der Waals surface area contributed by atoms with Crippen molar-refractivity contribution >= 4 is 11.7 Å². The molecule has 0 radical (unpaired) electrons. The number of carboxylic acid groups (broad SMARTS) is 1. The molecular formula is C14H13NO3. The molecule has 0 aliphatic rings. The molecule has 0 saturated heterocycles. The summed E-state index contributed by atoms with van der Waals surface area (Å²) in [5.74, 6) is -0.0977. The van der Waals surface area contributed by atoms with Gasteiger partial charge in [-0.3, -0.25) is 0 Å². The zero-order valence-electron chi connectivity index (χ0n) is 9.88. The van der Waals surface area contributed by atoms with Crippen LogP contribution in [0.1, 0.15) is 10.4 Å². The summed E-state index contributed by atoms with van der Waals surface area (Å²) in [6.45, 7) is 0. The van der Waals surface area contributed by atoms with Crippen LogP contribution in [0.3, 0.4) is 0 Å². The highest BCUT2D eigenvalue weighted by atomic mass is 16.5. The van der Waals surface area contributed by atoms with Gasteiger partial charge >= 0.3 is 5.97 Å². The van der Waals surface area contributed by atoms with Gasteiger partial charge in [0.15, 0.2) is 5.75 Å². The molecule has 0 aliphatic carbocycles. The fourth-order valence-electron chi connectivity index (χ4n) is 1.62. The van der Waals surface area contributed by atoms with Gasteiger partial charge in [0.05, 0.1) is 5.69 Å². The molecule has 0 aromatic heterocycles. The Kier molecular flexibility index (Phi) is 3.48. The molecule has 0 bridgehead atoms. The predicted octanol–water partition coefficient (Wildman–Crippen LogP) is 3.22. The summed E-state index contributed by atoms with van der Waals surface area (Å²) in [7, 11) is 1.72. The molecule has 18 heavy (non-hydrogen) atoms. The van der Waals surface area contributed by atoms with Crippen molar-refractivity contribution in [2.45, 2.75) is 0 Å². The van der Waals surface area contributed by atoms with Crippen LogP contribution in [0.4, 0.5) is 5.69 Å². The lowest BCUT2D eigenvalue weighted by Gasteiger charge is -2.13. The standard InChI is InChI=1S/C14H13NO3/c1-15-12-9-5-8-11(14(16)17)13(12)18-10-6-3-2-4-7-10/h2-9,15H,1H3,(H,16,17). The summed E-state index contributed by atoms with van der Waals surface area (Å²) in [4.78, 5) is 11.2. The molecule has 0 unspecified atom stereocenters. The fraction of sp³-hybridized carbons (Fsp3) is 0.0714. The van der Waals surface area contributed by atoms with Crippen LogP contribution in [0.5, 0.6) is 11.5 Å². The average Bonchev–Trinajstić information content (AvgIpc) is 2.40. The molecule has 0 saturated carbocycles. The topological polar surface area (TPSA) is 58.6 Å². The maximum atomic E-state index is 11.2. The van der Waals surface area contributed by atoms with E-state index < -0.39 is 5.97 Å². The minimum Gasteiger partial charge on any atom is -0.478 e. The summed E-state index contributed by atoms with van der Waals surface area (Å²) in [6, 6.07) is 14.0. The van der Waals surface area contributed by atoms with E-state index in [9.17, 15) is 4.79 Å². The Morgan fingerprint density at radius 3 is 2.44 bits per heavy atom. The molecule has 2 aromatic rings. The lowest BCUT2D eigenvalue weighted by molar-refractivity contribution is 0.0694. The number of aromatic carboxylic acids is 1. The largest absolute Gasteiger partial charge is 0.478 e. The van der Waals surface area contributed by atoms with Gasteiger partial charge in [-0.05, 0) is 24.3 Å². The van der Waals surface area contributed by atoms with E-state index in [0.29, 0.717) is 17.2 Å². The maximum Gasteiger partial charge on any atom is 0.339 e. The molecule has 0 fully saturated rings. The van der Waals surface area contributed by atoms with Crippen LogP contribution < -0.4 is 10.1 Å². The Hall–Kier alpha value is -2.49. The first-order valence-corrected chi connectivity index (χ1v) is 5.49. The first-order chi connectivity index (χ1) is 8.72. The summed E-state index contributed by atoms with van der Waals surface area (Å²) < 4.78 is 5.65. The predicted molar refractivity (Wildman–Crippen MR) is 69.5 cm³/mol. The molecule has 0 heterocycles. The molecule has 0 atom stereocenters. The van der Waals surface area contributed by atoms with E-state index in [1.54, 1.807) is 31.3 Å². The molecule has 2 aromatic carbocycles. The van der Waals surface area contributed by atoms with Crippen LogP contribution in [-0.4, -0.2) is 18.1 Å². The van der Waals surface area contributed by atoms with E-state index in [1.165, 1.54) is 6.07 Å². The van der Waals surface area contributed by atoms with Crippen LogP contribution in [0, 0.1) is 0 Å². The number of rotatable bonds is 4. The van der Waals surface area contributed by atoms with E-state index in [-0.39, 0.29) is 5.56 Å².